The van der Waals surface area contributed by atoms with E-state index in [1.165, 1.54) is 6.92 Å². The average Bonchev–Trinajstić information content (AvgIpc) is 2.83. The fourth-order valence-electron chi connectivity index (χ4n) is 4.05. The highest BCUT2D eigenvalue weighted by atomic mass is 16.5. The minimum atomic E-state index is -1.55. The molecule has 5 atom stereocenters. The first-order chi connectivity index (χ1) is 16.0. The van der Waals surface area contributed by atoms with Gasteiger partial charge in [-0.25, -0.2) is 4.79 Å². The van der Waals surface area contributed by atoms with Crippen LogP contribution < -0.4 is 5.32 Å². The molecule has 3 N–H and O–H groups in total. The number of carbonyl (C=O) groups excluding carboxylic acids is 2. The van der Waals surface area contributed by atoms with Gasteiger partial charge >= 0.3 is 6.09 Å². The summed E-state index contributed by atoms with van der Waals surface area (Å²) in [6, 6.07) is 18.4. The van der Waals surface area contributed by atoms with Crippen LogP contribution in [-0.2, 0) is 27.5 Å². The molecule has 0 saturated heterocycles. The van der Waals surface area contributed by atoms with Crippen LogP contribution in [0.5, 0.6) is 0 Å². The number of ether oxygens (including phenoxy) is 2. The summed E-state index contributed by atoms with van der Waals surface area (Å²) in [6.45, 7) is 2.03. The second-order valence-corrected chi connectivity index (χ2v) is 8.28. The number of aliphatic hydroxyl groups excluding tert-OH is 2. The Bertz CT molecular complexity index is 917. The van der Waals surface area contributed by atoms with E-state index in [1.54, 1.807) is 6.08 Å². The highest BCUT2D eigenvalue weighted by Crippen LogP contribution is 2.31. The van der Waals surface area contributed by atoms with Crippen molar-refractivity contribution in [1.82, 2.24) is 5.32 Å². The maximum absolute atomic E-state index is 12.5. The molecule has 0 spiro atoms. The van der Waals surface area contributed by atoms with Gasteiger partial charge in [-0.1, -0.05) is 72.8 Å². The summed E-state index contributed by atoms with van der Waals surface area (Å²) in [4.78, 5) is 24.2. The van der Waals surface area contributed by atoms with Crippen molar-refractivity contribution in [3.05, 3.63) is 83.9 Å². The van der Waals surface area contributed by atoms with Crippen LogP contribution in [0.2, 0.25) is 0 Å². The highest BCUT2D eigenvalue weighted by Gasteiger charge is 2.41. The number of hydrogen-bond acceptors (Lipinski definition) is 6. The molecule has 1 aliphatic carbocycles. The summed E-state index contributed by atoms with van der Waals surface area (Å²) < 4.78 is 11.2. The van der Waals surface area contributed by atoms with Gasteiger partial charge in [-0.15, -0.1) is 0 Å². The molecule has 0 aromatic heterocycles. The van der Waals surface area contributed by atoms with E-state index < -0.39 is 36.0 Å². The highest BCUT2D eigenvalue weighted by molar-refractivity contribution is 5.80. The van der Waals surface area contributed by atoms with Gasteiger partial charge in [0.2, 0.25) is 0 Å². The molecular formula is C26H31NO6. The molecule has 0 heterocycles. The number of aliphatic hydroxyl groups is 2. The molecule has 3 rings (SSSR count). The summed E-state index contributed by atoms with van der Waals surface area (Å²) in [7, 11) is 0. The summed E-state index contributed by atoms with van der Waals surface area (Å²) in [5.74, 6) is -1.39. The predicted octanol–water partition coefficient (Wildman–Crippen LogP) is 3.00. The average molecular weight is 454 g/mol. The fraction of sp³-hybridized carbons (Fsp3) is 0.385. The number of rotatable bonds is 10. The zero-order chi connectivity index (χ0) is 23.6. The van der Waals surface area contributed by atoms with Crippen LogP contribution in [0.3, 0.4) is 0 Å². The Labute approximate surface area is 194 Å². The first-order valence-corrected chi connectivity index (χ1v) is 11.1. The van der Waals surface area contributed by atoms with Crippen molar-refractivity contribution in [2.75, 3.05) is 6.61 Å². The van der Waals surface area contributed by atoms with E-state index in [9.17, 15) is 19.8 Å². The van der Waals surface area contributed by atoms with Gasteiger partial charge < -0.3 is 25.0 Å². The van der Waals surface area contributed by atoms with E-state index in [4.69, 9.17) is 9.47 Å². The van der Waals surface area contributed by atoms with Gasteiger partial charge in [0.1, 0.15) is 12.7 Å². The SMILES string of the molecule is CC(=O)[C@@H](O)[C@H](O)[C@H]1[C@H](COCc2ccccc2)CC=C[C@H]1NC(=O)OCc1ccccc1. The first kappa shape index (κ1) is 24.6. The lowest BCUT2D eigenvalue weighted by atomic mass is 9.74. The van der Waals surface area contributed by atoms with Gasteiger partial charge in [0.05, 0.1) is 25.4 Å². The van der Waals surface area contributed by atoms with Gasteiger partial charge in [-0.3, -0.25) is 4.79 Å². The molecule has 1 aliphatic rings. The predicted molar refractivity (Wildman–Crippen MR) is 123 cm³/mol. The Morgan fingerprint density at radius 3 is 2.21 bits per heavy atom. The molecule has 0 unspecified atom stereocenters. The Morgan fingerprint density at radius 1 is 1.00 bits per heavy atom. The monoisotopic (exact) mass is 453 g/mol. The summed E-state index contributed by atoms with van der Waals surface area (Å²) >= 11 is 0. The molecule has 2 aromatic carbocycles. The van der Waals surface area contributed by atoms with Gasteiger partial charge in [0.25, 0.3) is 0 Å². The number of ketones is 1. The third-order valence-electron chi connectivity index (χ3n) is 5.82. The molecular weight excluding hydrogens is 422 g/mol. The quantitative estimate of drug-likeness (QED) is 0.478. The second-order valence-electron chi connectivity index (χ2n) is 8.28. The normalized spacial score (nSPS) is 21.7. The Balaban J connectivity index is 1.65. The van der Waals surface area contributed by atoms with E-state index in [1.807, 2.05) is 66.7 Å². The topological polar surface area (TPSA) is 105 Å². The zero-order valence-corrected chi connectivity index (χ0v) is 18.7. The van der Waals surface area contributed by atoms with Crippen LogP contribution in [0.1, 0.15) is 24.5 Å². The number of alkyl carbamates (subject to hydrolysis) is 1. The van der Waals surface area contributed by atoms with Crippen LogP contribution in [0, 0.1) is 11.8 Å². The number of nitrogens with one attached hydrogen (secondary N) is 1. The van der Waals surface area contributed by atoms with Crippen molar-refractivity contribution in [3.8, 4) is 0 Å². The van der Waals surface area contributed by atoms with Crippen LogP contribution in [-0.4, -0.2) is 46.9 Å². The van der Waals surface area contributed by atoms with Crippen LogP contribution in [0.4, 0.5) is 4.79 Å². The van der Waals surface area contributed by atoms with Crippen molar-refractivity contribution in [3.63, 3.8) is 0 Å². The summed E-state index contributed by atoms with van der Waals surface area (Å²) in [5, 5.41) is 23.9. The third-order valence-corrected chi connectivity index (χ3v) is 5.82. The molecule has 33 heavy (non-hydrogen) atoms. The standard InChI is InChI=1S/C26H31NO6/c1-18(28)24(29)25(30)23-21(17-32-15-19-9-4-2-5-10-19)13-8-14-22(23)27-26(31)33-16-20-11-6-3-7-12-20/h2-12,14,21-25,29-30H,13,15-17H2,1H3,(H,27,31)/t21-,22+,23-,24+,25+/m0/s1. The van der Waals surface area contributed by atoms with Crippen LogP contribution in [0.15, 0.2) is 72.8 Å². The number of hydrogen-bond donors (Lipinski definition) is 3. The van der Waals surface area contributed by atoms with Crippen molar-refractivity contribution in [2.45, 2.75) is 44.8 Å². The molecule has 7 nitrogen and oxygen atoms in total. The Kier molecular flexibility index (Phi) is 9.18. The Hall–Kier alpha value is -3.00. The van der Waals surface area contributed by atoms with Crippen LogP contribution in [0.25, 0.3) is 0 Å². The van der Waals surface area contributed by atoms with Crippen LogP contribution >= 0.6 is 0 Å². The lowest BCUT2D eigenvalue weighted by Gasteiger charge is -2.39. The number of benzene rings is 2. The molecule has 1 amide bonds. The minimum Gasteiger partial charge on any atom is -0.445 e. The third kappa shape index (κ3) is 7.25. The smallest absolute Gasteiger partial charge is 0.407 e. The number of carbonyl (C=O) groups is 2. The molecule has 2 aromatic rings. The summed E-state index contributed by atoms with van der Waals surface area (Å²) in [6.07, 6.45) is 0.687. The molecule has 176 valence electrons. The molecule has 0 fully saturated rings. The van der Waals surface area contributed by atoms with Crippen molar-refractivity contribution in [1.29, 1.82) is 0 Å². The van der Waals surface area contributed by atoms with E-state index in [-0.39, 0.29) is 12.5 Å². The van der Waals surface area contributed by atoms with Gasteiger partial charge in [0, 0.05) is 5.92 Å². The van der Waals surface area contributed by atoms with Gasteiger partial charge in [-0.2, -0.15) is 0 Å². The van der Waals surface area contributed by atoms with E-state index >= 15 is 0 Å². The molecule has 0 bridgehead atoms. The van der Waals surface area contributed by atoms with Crippen molar-refractivity contribution < 1.29 is 29.3 Å². The van der Waals surface area contributed by atoms with Gasteiger partial charge in [-0.05, 0) is 30.4 Å². The maximum atomic E-state index is 12.5. The van der Waals surface area contributed by atoms with E-state index in [0.717, 1.165) is 11.1 Å². The summed E-state index contributed by atoms with van der Waals surface area (Å²) in [5.41, 5.74) is 1.87. The first-order valence-electron chi connectivity index (χ1n) is 11.1. The number of Topliss-reactive ketones (excluding diaryl/α,β-unsaturated/α-hetero) is 1. The fourth-order valence-corrected chi connectivity index (χ4v) is 4.05. The molecule has 7 heteroatoms. The largest absolute Gasteiger partial charge is 0.445 e. The zero-order valence-electron chi connectivity index (χ0n) is 18.7. The minimum absolute atomic E-state index is 0.107. The molecule has 0 aliphatic heterocycles. The lowest BCUT2D eigenvalue weighted by Crippen LogP contribution is -2.53. The number of amides is 1. The van der Waals surface area contributed by atoms with E-state index in [2.05, 4.69) is 5.32 Å². The molecule has 0 saturated carbocycles. The maximum Gasteiger partial charge on any atom is 0.407 e. The number of allylic oxidation sites excluding steroid dienone is 1. The van der Waals surface area contributed by atoms with Gasteiger partial charge in [0.15, 0.2) is 5.78 Å². The van der Waals surface area contributed by atoms with E-state index in [0.29, 0.717) is 19.6 Å². The van der Waals surface area contributed by atoms with Crippen molar-refractivity contribution in [2.24, 2.45) is 11.8 Å². The Morgan fingerprint density at radius 2 is 1.61 bits per heavy atom. The second kappa shape index (κ2) is 12.3. The lowest BCUT2D eigenvalue weighted by molar-refractivity contribution is -0.135. The molecule has 0 radical (unpaired) electrons. The van der Waals surface area contributed by atoms with Crippen molar-refractivity contribution >= 4 is 11.9 Å².